The fraction of sp³-hybridized carbons (Fsp3) is 0.174. The molecule has 0 aliphatic carbocycles. The van der Waals surface area contributed by atoms with Gasteiger partial charge in [-0.1, -0.05) is 6.07 Å². The van der Waals surface area contributed by atoms with Gasteiger partial charge in [0.15, 0.2) is 17.4 Å². The fourth-order valence-electron chi connectivity index (χ4n) is 3.57. The van der Waals surface area contributed by atoms with Crippen molar-refractivity contribution in [3.8, 4) is 11.4 Å². The van der Waals surface area contributed by atoms with Crippen LogP contribution >= 0.6 is 0 Å². The minimum atomic E-state index is 0.0487. The van der Waals surface area contributed by atoms with E-state index in [0.29, 0.717) is 18.8 Å². The first kappa shape index (κ1) is 19.7. The Hall–Kier alpha value is -4.27. The van der Waals surface area contributed by atoms with Gasteiger partial charge in [-0.15, -0.1) is 0 Å². The Morgan fingerprint density at radius 2 is 2.00 bits per heavy atom. The number of Topliss-reactive ketones (excluding diaryl/α,β-unsaturated/α-hetero) is 1. The van der Waals surface area contributed by atoms with Crippen LogP contribution in [-0.4, -0.2) is 35.5 Å². The first-order chi connectivity index (χ1) is 15.6. The summed E-state index contributed by atoms with van der Waals surface area (Å²) in [5, 5.41) is 7.63. The van der Waals surface area contributed by atoms with Gasteiger partial charge in [0.05, 0.1) is 12.2 Å². The predicted molar refractivity (Wildman–Crippen MR) is 122 cm³/mol. The number of carbonyl (C=O) groups excluding carboxylic acids is 1. The van der Waals surface area contributed by atoms with E-state index in [0.717, 1.165) is 40.2 Å². The van der Waals surface area contributed by atoms with Crippen molar-refractivity contribution in [3.63, 3.8) is 0 Å². The molecule has 0 saturated carbocycles. The van der Waals surface area contributed by atoms with Gasteiger partial charge in [0.25, 0.3) is 0 Å². The van der Waals surface area contributed by atoms with Crippen LogP contribution in [0.25, 0.3) is 17.5 Å². The van der Waals surface area contributed by atoms with Crippen LogP contribution in [0.4, 0.5) is 11.5 Å². The van der Waals surface area contributed by atoms with Gasteiger partial charge in [0.1, 0.15) is 24.5 Å². The van der Waals surface area contributed by atoms with Crippen LogP contribution in [0.1, 0.15) is 34.6 Å². The lowest BCUT2D eigenvalue weighted by atomic mass is 10.1. The first-order valence-corrected chi connectivity index (χ1v) is 10.3. The van der Waals surface area contributed by atoms with E-state index in [2.05, 4.69) is 25.4 Å². The molecule has 32 heavy (non-hydrogen) atoms. The van der Waals surface area contributed by atoms with Gasteiger partial charge in [-0.05, 0) is 56.3 Å². The number of nitrogens with zero attached hydrogens (tertiary/aromatic N) is 6. The van der Waals surface area contributed by atoms with E-state index in [1.165, 1.54) is 0 Å². The Kier molecular flexibility index (Phi) is 4.98. The number of fused-ring (bicyclic) bond motifs is 1. The molecule has 0 saturated heterocycles. The van der Waals surface area contributed by atoms with E-state index in [-0.39, 0.29) is 5.78 Å². The molecule has 0 amide bonds. The normalized spacial score (nSPS) is 12.6. The van der Waals surface area contributed by atoms with Gasteiger partial charge < -0.3 is 15.2 Å². The van der Waals surface area contributed by atoms with Crippen LogP contribution in [0.15, 0.2) is 55.0 Å². The van der Waals surface area contributed by atoms with Gasteiger partial charge >= 0.3 is 0 Å². The average Bonchev–Trinajstić information content (AvgIpc) is 3.44. The molecule has 1 aliphatic heterocycles. The number of carbonyl (C=O) groups is 1. The SMILES string of the molecule is CC(=O)c1ccc(NCc2nc(N3C=Cc4ncnn4C3)c(-c3cccc(C)n3)[nH]2)cc1. The molecule has 9 nitrogen and oxygen atoms in total. The van der Waals surface area contributed by atoms with Crippen LogP contribution in [0.2, 0.25) is 0 Å². The lowest BCUT2D eigenvalue weighted by Crippen LogP contribution is -2.26. The number of pyridine rings is 1. The standard InChI is InChI=1S/C23H22N8O/c1-15-4-3-5-19(27-15)22-23(30-11-10-21-25-13-26-31(21)14-30)29-20(28-22)12-24-18-8-6-17(7-9-18)16(2)32/h3-11,13,24H,12,14H2,1-2H3,(H,28,29). The van der Waals surface area contributed by atoms with Crippen molar-refractivity contribution >= 4 is 23.4 Å². The molecule has 1 aliphatic rings. The molecular weight excluding hydrogens is 404 g/mol. The lowest BCUT2D eigenvalue weighted by molar-refractivity contribution is 0.101. The molecule has 0 radical (unpaired) electrons. The molecular formula is C23H22N8O. The zero-order chi connectivity index (χ0) is 22.1. The first-order valence-electron chi connectivity index (χ1n) is 10.3. The molecule has 0 unspecified atom stereocenters. The summed E-state index contributed by atoms with van der Waals surface area (Å²) in [6.07, 6.45) is 5.41. The maximum absolute atomic E-state index is 11.5. The number of aromatic nitrogens is 6. The summed E-state index contributed by atoms with van der Waals surface area (Å²) in [4.78, 5) is 30.7. The summed E-state index contributed by atoms with van der Waals surface area (Å²) in [6.45, 7) is 4.53. The Morgan fingerprint density at radius 3 is 2.78 bits per heavy atom. The number of benzene rings is 1. The minimum absolute atomic E-state index is 0.0487. The van der Waals surface area contributed by atoms with Crippen LogP contribution in [0, 0.1) is 6.92 Å². The molecule has 0 bridgehead atoms. The zero-order valence-corrected chi connectivity index (χ0v) is 17.8. The third-order valence-corrected chi connectivity index (χ3v) is 5.24. The number of aryl methyl sites for hydroxylation is 1. The number of hydrogen-bond donors (Lipinski definition) is 2. The predicted octanol–water partition coefficient (Wildman–Crippen LogP) is 3.63. The number of rotatable bonds is 6. The van der Waals surface area contributed by atoms with Crippen molar-refractivity contribution in [1.82, 2.24) is 29.7 Å². The van der Waals surface area contributed by atoms with Crippen molar-refractivity contribution in [3.05, 3.63) is 77.9 Å². The van der Waals surface area contributed by atoms with Gasteiger partial charge in [-0.3, -0.25) is 9.78 Å². The van der Waals surface area contributed by atoms with Gasteiger partial charge in [0, 0.05) is 23.1 Å². The summed E-state index contributed by atoms with van der Waals surface area (Å²) in [5.74, 6) is 2.39. The van der Waals surface area contributed by atoms with E-state index < -0.39 is 0 Å². The number of imidazole rings is 1. The maximum atomic E-state index is 11.5. The number of nitrogens with one attached hydrogen (secondary N) is 2. The van der Waals surface area contributed by atoms with Crippen LogP contribution < -0.4 is 10.2 Å². The lowest BCUT2D eigenvalue weighted by Gasteiger charge is -2.22. The quantitative estimate of drug-likeness (QED) is 0.454. The highest BCUT2D eigenvalue weighted by Crippen LogP contribution is 2.30. The maximum Gasteiger partial charge on any atom is 0.162 e. The van der Waals surface area contributed by atoms with E-state index in [4.69, 9.17) is 4.98 Å². The summed E-state index contributed by atoms with van der Waals surface area (Å²) >= 11 is 0. The summed E-state index contributed by atoms with van der Waals surface area (Å²) in [5.41, 5.74) is 4.19. The van der Waals surface area contributed by atoms with Gasteiger partial charge in [-0.25, -0.2) is 14.6 Å². The van der Waals surface area contributed by atoms with Crippen LogP contribution in [0.5, 0.6) is 0 Å². The van der Waals surface area contributed by atoms with Gasteiger partial charge in [-0.2, -0.15) is 5.10 Å². The summed E-state index contributed by atoms with van der Waals surface area (Å²) in [6, 6.07) is 13.3. The second kappa shape index (κ2) is 8.10. The Morgan fingerprint density at radius 1 is 1.16 bits per heavy atom. The van der Waals surface area contributed by atoms with Crippen molar-refractivity contribution in [1.29, 1.82) is 0 Å². The molecule has 4 heterocycles. The van der Waals surface area contributed by atoms with E-state index >= 15 is 0 Å². The van der Waals surface area contributed by atoms with Crippen molar-refractivity contribution < 1.29 is 4.79 Å². The molecule has 4 aromatic rings. The minimum Gasteiger partial charge on any atom is -0.378 e. The number of ketones is 1. The largest absolute Gasteiger partial charge is 0.378 e. The number of H-pyrrole nitrogens is 1. The molecule has 3 aromatic heterocycles. The molecule has 160 valence electrons. The van der Waals surface area contributed by atoms with E-state index in [1.54, 1.807) is 13.3 Å². The highest BCUT2D eigenvalue weighted by Gasteiger charge is 2.21. The van der Waals surface area contributed by atoms with Gasteiger partial charge in [0.2, 0.25) is 0 Å². The topological polar surface area (TPSA) is 105 Å². The second-order valence-electron chi connectivity index (χ2n) is 7.58. The Labute approximate surface area is 184 Å². The van der Waals surface area contributed by atoms with Crippen LogP contribution in [-0.2, 0) is 13.2 Å². The van der Waals surface area contributed by atoms with E-state index in [9.17, 15) is 4.79 Å². The third-order valence-electron chi connectivity index (χ3n) is 5.24. The molecule has 5 rings (SSSR count). The van der Waals surface area contributed by atoms with Crippen molar-refractivity contribution in [2.24, 2.45) is 0 Å². The molecule has 1 aromatic carbocycles. The zero-order valence-electron chi connectivity index (χ0n) is 17.8. The number of hydrogen-bond acceptors (Lipinski definition) is 7. The van der Waals surface area contributed by atoms with E-state index in [1.807, 2.05) is 71.2 Å². The highest BCUT2D eigenvalue weighted by atomic mass is 16.1. The third kappa shape index (κ3) is 3.87. The summed E-state index contributed by atoms with van der Waals surface area (Å²) in [7, 11) is 0. The smallest absolute Gasteiger partial charge is 0.162 e. The second-order valence-corrected chi connectivity index (χ2v) is 7.58. The van der Waals surface area contributed by atoms with Crippen molar-refractivity contribution in [2.75, 3.05) is 10.2 Å². The number of anilines is 2. The monoisotopic (exact) mass is 426 g/mol. The fourth-order valence-corrected chi connectivity index (χ4v) is 3.57. The van der Waals surface area contributed by atoms with Crippen LogP contribution in [0.3, 0.4) is 0 Å². The summed E-state index contributed by atoms with van der Waals surface area (Å²) < 4.78 is 1.82. The van der Waals surface area contributed by atoms with Crippen molar-refractivity contribution in [2.45, 2.75) is 27.1 Å². The molecule has 0 spiro atoms. The molecule has 2 N–H and O–H groups in total. The molecule has 0 fully saturated rings. The Balaban J connectivity index is 1.44. The Bertz CT molecular complexity index is 1300. The average molecular weight is 426 g/mol. The number of aromatic amines is 1. The molecule has 0 atom stereocenters. The highest BCUT2D eigenvalue weighted by molar-refractivity contribution is 5.94. The molecule has 9 heteroatoms.